The summed E-state index contributed by atoms with van der Waals surface area (Å²) in [5.74, 6) is 0.467. The van der Waals surface area contributed by atoms with Gasteiger partial charge in [0, 0.05) is 26.2 Å². The molecule has 0 spiro atoms. The van der Waals surface area contributed by atoms with Gasteiger partial charge in [-0.2, -0.15) is 0 Å². The highest BCUT2D eigenvalue weighted by molar-refractivity contribution is 5.96. The molecule has 1 aromatic heterocycles. The lowest BCUT2D eigenvalue weighted by Gasteiger charge is -2.35. The first-order chi connectivity index (χ1) is 11.4. The summed E-state index contributed by atoms with van der Waals surface area (Å²) in [6, 6.07) is 2.55. The van der Waals surface area contributed by atoms with E-state index in [1.807, 2.05) is 4.90 Å². The molecule has 1 saturated heterocycles. The number of urea groups is 1. The van der Waals surface area contributed by atoms with E-state index in [0.29, 0.717) is 24.6 Å². The van der Waals surface area contributed by atoms with Crippen LogP contribution >= 0.6 is 0 Å². The van der Waals surface area contributed by atoms with Crippen molar-refractivity contribution in [1.82, 2.24) is 20.9 Å². The van der Waals surface area contributed by atoms with Gasteiger partial charge in [0.1, 0.15) is 5.76 Å². The van der Waals surface area contributed by atoms with Crippen molar-refractivity contribution in [3.63, 3.8) is 0 Å². The Morgan fingerprint density at radius 1 is 1.25 bits per heavy atom. The number of aryl methyl sites for hydroxylation is 1. The van der Waals surface area contributed by atoms with Crippen molar-refractivity contribution >= 4 is 17.8 Å². The van der Waals surface area contributed by atoms with Crippen LogP contribution in [0.3, 0.4) is 0 Å². The largest absolute Gasteiger partial charge is 0.456 e. The van der Waals surface area contributed by atoms with Crippen molar-refractivity contribution in [1.29, 1.82) is 0 Å². The average molecular weight is 336 g/mol. The second-order valence-electron chi connectivity index (χ2n) is 5.94. The summed E-state index contributed by atoms with van der Waals surface area (Å²) in [6.07, 6.45) is 1.48. The van der Waals surface area contributed by atoms with Gasteiger partial charge in [-0.15, -0.1) is 0 Å². The molecule has 132 valence electrons. The molecule has 8 heteroatoms. The van der Waals surface area contributed by atoms with Crippen molar-refractivity contribution in [3.05, 3.63) is 23.7 Å². The molecular formula is C16H24N4O4. The van der Waals surface area contributed by atoms with Crippen LogP contribution < -0.4 is 16.0 Å². The Labute approximate surface area is 140 Å². The second-order valence-corrected chi connectivity index (χ2v) is 5.94. The first-order valence-corrected chi connectivity index (χ1v) is 8.04. The molecule has 4 amide bonds. The number of hydrogen-bond acceptors (Lipinski definition) is 5. The summed E-state index contributed by atoms with van der Waals surface area (Å²) < 4.78 is 5.31. The normalized spacial score (nSPS) is 17.1. The Kier molecular flexibility index (Phi) is 5.97. The van der Waals surface area contributed by atoms with Crippen LogP contribution in [0.15, 0.2) is 16.5 Å². The molecule has 1 atom stereocenters. The van der Waals surface area contributed by atoms with Crippen LogP contribution in [-0.2, 0) is 4.79 Å². The molecule has 0 unspecified atom stereocenters. The van der Waals surface area contributed by atoms with Crippen molar-refractivity contribution in [2.24, 2.45) is 0 Å². The van der Waals surface area contributed by atoms with Gasteiger partial charge in [-0.05, 0) is 38.8 Å². The van der Waals surface area contributed by atoms with Gasteiger partial charge in [-0.3, -0.25) is 19.8 Å². The van der Waals surface area contributed by atoms with E-state index >= 15 is 0 Å². The monoisotopic (exact) mass is 336 g/mol. The van der Waals surface area contributed by atoms with E-state index in [1.165, 1.54) is 7.05 Å². The van der Waals surface area contributed by atoms with E-state index in [2.05, 4.69) is 16.0 Å². The number of carbonyl (C=O) groups excluding carboxylic acids is 3. The maximum atomic E-state index is 12.1. The fourth-order valence-electron chi connectivity index (χ4n) is 2.69. The molecule has 0 saturated carbocycles. The predicted octanol–water partition coefficient (Wildman–Crippen LogP) is 0.626. The number of hydrogen-bond donors (Lipinski definition) is 3. The molecule has 1 aliphatic rings. The summed E-state index contributed by atoms with van der Waals surface area (Å²) >= 11 is 0. The summed E-state index contributed by atoms with van der Waals surface area (Å²) in [7, 11) is 1.46. The minimum atomic E-state index is -0.511. The third-order valence-electron chi connectivity index (χ3n) is 4.22. The smallest absolute Gasteiger partial charge is 0.321 e. The molecule has 0 bridgehead atoms. The molecule has 1 aromatic rings. The van der Waals surface area contributed by atoms with Crippen LogP contribution in [0.25, 0.3) is 0 Å². The average Bonchev–Trinajstić information content (AvgIpc) is 3.01. The van der Waals surface area contributed by atoms with Gasteiger partial charge in [0.2, 0.25) is 5.91 Å². The molecule has 3 N–H and O–H groups in total. The minimum Gasteiger partial charge on any atom is -0.456 e. The zero-order chi connectivity index (χ0) is 17.7. The maximum Gasteiger partial charge on any atom is 0.321 e. The van der Waals surface area contributed by atoms with E-state index in [0.717, 1.165) is 12.8 Å². The number of nitrogens with one attached hydrogen (secondary N) is 3. The van der Waals surface area contributed by atoms with Crippen LogP contribution in [0.5, 0.6) is 0 Å². The van der Waals surface area contributed by atoms with E-state index in [-0.39, 0.29) is 17.9 Å². The molecule has 0 aliphatic carbocycles. The first-order valence-electron chi connectivity index (χ1n) is 8.04. The zero-order valence-corrected chi connectivity index (χ0v) is 14.2. The van der Waals surface area contributed by atoms with Crippen molar-refractivity contribution in [2.45, 2.75) is 38.8 Å². The standard InChI is InChI=1S/C16H24N4O4/c1-10-4-5-13(24-10)15(22)18-12-6-8-20(9-7-12)11(2)14(21)19-16(23)17-3/h4-5,11-12H,6-9H2,1-3H3,(H,18,22)(H2,17,19,21,23)/t11-/m1/s1. The van der Waals surface area contributed by atoms with Gasteiger partial charge < -0.3 is 15.1 Å². The van der Waals surface area contributed by atoms with Crippen LogP contribution in [0, 0.1) is 6.92 Å². The molecule has 1 fully saturated rings. The van der Waals surface area contributed by atoms with Crippen LogP contribution in [0.1, 0.15) is 36.1 Å². The molecule has 8 nitrogen and oxygen atoms in total. The molecule has 1 aliphatic heterocycles. The SMILES string of the molecule is CNC(=O)NC(=O)[C@@H](C)N1CCC(NC(=O)c2ccc(C)o2)CC1. The number of amides is 4. The summed E-state index contributed by atoms with van der Waals surface area (Å²) in [5.41, 5.74) is 0. The fraction of sp³-hybridized carbons (Fsp3) is 0.562. The number of likely N-dealkylation sites (tertiary alicyclic amines) is 1. The highest BCUT2D eigenvalue weighted by Crippen LogP contribution is 2.15. The fourth-order valence-corrected chi connectivity index (χ4v) is 2.69. The van der Waals surface area contributed by atoms with E-state index in [9.17, 15) is 14.4 Å². The molecule has 24 heavy (non-hydrogen) atoms. The number of rotatable bonds is 4. The number of piperidine rings is 1. The van der Waals surface area contributed by atoms with E-state index < -0.39 is 12.1 Å². The zero-order valence-electron chi connectivity index (χ0n) is 14.2. The van der Waals surface area contributed by atoms with Gasteiger partial charge >= 0.3 is 6.03 Å². The van der Waals surface area contributed by atoms with Gasteiger partial charge in [0.15, 0.2) is 5.76 Å². The number of furan rings is 1. The lowest BCUT2D eigenvalue weighted by atomic mass is 10.0. The highest BCUT2D eigenvalue weighted by atomic mass is 16.3. The Bertz CT molecular complexity index is 605. The number of imide groups is 1. The van der Waals surface area contributed by atoms with Gasteiger partial charge in [-0.25, -0.2) is 4.79 Å². The van der Waals surface area contributed by atoms with E-state index in [4.69, 9.17) is 4.42 Å². The summed E-state index contributed by atoms with van der Waals surface area (Å²) in [5, 5.41) is 7.59. The number of carbonyl (C=O) groups is 3. The molecule has 2 rings (SSSR count). The van der Waals surface area contributed by atoms with Gasteiger partial charge in [-0.1, -0.05) is 0 Å². The molecule has 2 heterocycles. The van der Waals surface area contributed by atoms with Crippen molar-refractivity contribution in [3.8, 4) is 0 Å². The second kappa shape index (κ2) is 7.96. The quantitative estimate of drug-likeness (QED) is 0.748. The highest BCUT2D eigenvalue weighted by Gasteiger charge is 2.28. The van der Waals surface area contributed by atoms with Crippen LogP contribution in [0.2, 0.25) is 0 Å². The molecule has 0 radical (unpaired) electrons. The van der Waals surface area contributed by atoms with Crippen LogP contribution in [0.4, 0.5) is 4.79 Å². The summed E-state index contributed by atoms with van der Waals surface area (Å²) in [4.78, 5) is 37.2. The van der Waals surface area contributed by atoms with Crippen molar-refractivity contribution < 1.29 is 18.8 Å². The maximum absolute atomic E-state index is 12.1. The predicted molar refractivity (Wildman–Crippen MR) is 87.6 cm³/mol. The topological polar surface area (TPSA) is 104 Å². The number of nitrogens with zero attached hydrogens (tertiary/aromatic N) is 1. The first kappa shape index (κ1) is 18.0. The summed E-state index contributed by atoms with van der Waals surface area (Å²) in [6.45, 7) is 4.90. The lowest BCUT2D eigenvalue weighted by Crippen LogP contribution is -2.53. The Hall–Kier alpha value is -2.35. The van der Waals surface area contributed by atoms with E-state index in [1.54, 1.807) is 26.0 Å². The van der Waals surface area contributed by atoms with Crippen molar-refractivity contribution in [2.75, 3.05) is 20.1 Å². The molecule has 0 aromatic carbocycles. The Morgan fingerprint density at radius 3 is 2.46 bits per heavy atom. The third-order valence-corrected chi connectivity index (χ3v) is 4.22. The minimum absolute atomic E-state index is 0.0494. The Morgan fingerprint density at radius 2 is 1.92 bits per heavy atom. The molecular weight excluding hydrogens is 312 g/mol. The third kappa shape index (κ3) is 4.58. The van der Waals surface area contributed by atoms with Crippen LogP contribution in [-0.4, -0.2) is 55.0 Å². The van der Waals surface area contributed by atoms with Gasteiger partial charge in [0.05, 0.1) is 6.04 Å². The lowest BCUT2D eigenvalue weighted by molar-refractivity contribution is -0.125. The van der Waals surface area contributed by atoms with Gasteiger partial charge in [0.25, 0.3) is 5.91 Å². The Balaban J connectivity index is 1.79.